The molecule has 0 fully saturated rings. The van der Waals surface area contributed by atoms with Crippen LogP contribution in [-0.4, -0.2) is 6.54 Å². The van der Waals surface area contributed by atoms with Gasteiger partial charge in [0.15, 0.2) is 0 Å². The molecule has 2 aromatic rings. The average Bonchev–Trinajstić information content (AvgIpc) is 2.91. The first kappa shape index (κ1) is 11.1. The van der Waals surface area contributed by atoms with Crippen LogP contribution in [0, 0.1) is 0 Å². The molecule has 0 spiro atoms. The Hall–Kier alpha value is -1.76. The van der Waals surface area contributed by atoms with E-state index in [4.69, 9.17) is 0 Å². The number of anilines is 2. The number of benzene rings is 2. The second-order valence-corrected chi connectivity index (χ2v) is 5.69. The van der Waals surface area contributed by atoms with Crippen LogP contribution in [0.25, 0.3) is 0 Å². The van der Waals surface area contributed by atoms with Gasteiger partial charge >= 0.3 is 0 Å². The van der Waals surface area contributed by atoms with Crippen molar-refractivity contribution < 1.29 is 0 Å². The van der Waals surface area contributed by atoms with E-state index < -0.39 is 0 Å². The highest BCUT2D eigenvalue weighted by atomic mass is 15.2. The molecule has 1 nitrogen and oxygen atoms in total. The minimum absolute atomic E-state index is 1.12. The Bertz CT molecular complexity index is 615. The number of rotatable bonds is 1. The second kappa shape index (κ2) is 4.41. The molecule has 19 heavy (non-hydrogen) atoms. The van der Waals surface area contributed by atoms with Gasteiger partial charge in [-0.05, 0) is 67.0 Å². The summed E-state index contributed by atoms with van der Waals surface area (Å²) in [7, 11) is 0. The SMILES string of the molecule is c1ccc2c(c1)CCN2c1ccc2c(c1)CCCC2. The molecule has 0 saturated heterocycles. The Labute approximate surface area is 114 Å². The van der Waals surface area contributed by atoms with Crippen molar-refractivity contribution in [1.29, 1.82) is 0 Å². The standard InChI is InChI=1S/C18H19N/c1-2-7-16-13-17(10-9-14(16)5-1)19-12-11-15-6-3-4-8-18(15)19/h3-4,6,8-10,13H,1-2,5,7,11-12H2. The van der Waals surface area contributed by atoms with Crippen molar-refractivity contribution in [3.05, 3.63) is 59.2 Å². The molecule has 0 N–H and O–H groups in total. The van der Waals surface area contributed by atoms with Crippen LogP contribution >= 0.6 is 0 Å². The van der Waals surface area contributed by atoms with Crippen LogP contribution in [0.2, 0.25) is 0 Å². The van der Waals surface area contributed by atoms with Crippen LogP contribution in [0.15, 0.2) is 42.5 Å². The van der Waals surface area contributed by atoms with Crippen molar-refractivity contribution in [2.75, 3.05) is 11.4 Å². The van der Waals surface area contributed by atoms with Crippen LogP contribution < -0.4 is 4.90 Å². The molecule has 2 aliphatic rings. The monoisotopic (exact) mass is 249 g/mol. The molecule has 0 radical (unpaired) electrons. The van der Waals surface area contributed by atoms with Crippen molar-refractivity contribution in [1.82, 2.24) is 0 Å². The van der Waals surface area contributed by atoms with Crippen LogP contribution in [-0.2, 0) is 19.3 Å². The third-order valence-corrected chi connectivity index (χ3v) is 4.53. The summed E-state index contributed by atoms with van der Waals surface area (Å²) in [5.41, 5.74) is 7.42. The minimum atomic E-state index is 1.12. The van der Waals surface area contributed by atoms with Gasteiger partial charge < -0.3 is 4.90 Å². The fourth-order valence-electron chi connectivity index (χ4n) is 3.49. The first-order valence-corrected chi connectivity index (χ1v) is 7.39. The number of para-hydroxylation sites is 1. The van der Waals surface area contributed by atoms with E-state index in [0.717, 1.165) is 6.54 Å². The summed E-state index contributed by atoms with van der Waals surface area (Å²) in [6.07, 6.45) is 6.42. The van der Waals surface area contributed by atoms with Crippen LogP contribution in [0.5, 0.6) is 0 Å². The molecule has 4 rings (SSSR count). The zero-order chi connectivity index (χ0) is 12.7. The van der Waals surface area contributed by atoms with Gasteiger partial charge in [0, 0.05) is 17.9 Å². The van der Waals surface area contributed by atoms with E-state index >= 15 is 0 Å². The summed E-state index contributed by atoms with van der Waals surface area (Å²) in [5.74, 6) is 0. The van der Waals surface area contributed by atoms with Gasteiger partial charge in [0.2, 0.25) is 0 Å². The molecule has 0 atom stereocenters. The quantitative estimate of drug-likeness (QED) is 0.730. The molecule has 0 aromatic heterocycles. The normalized spacial score (nSPS) is 17.2. The van der Waals surface area contributed by atoms with E-state index in [0.29, 0.717) is 0 Å². The zero-order valence-electron chi connectivity index (χ0n) is 11.2. The van der Waals surface area contributed by atoms with E-state index in [1.165, 1.54) is 49.0 Å². The van der Waals surface area contributed by atoms with Gasteiger partial charge in [0.25, 0.3) is 0 Å². The summed E-state index contributed by atoms with van der Waals surface area (Å²) < 4.78 is 0. The topological polar surface area (TPSA) is 3.24 Å². The molecule has 1 heterocycles. The maximum absolute atomic E-state index is 2.48. The van der Waals surface area contributed by atoms with Gasteiger partial charge in [-0.1, -0.05) is 24.3 Å². The van der Waals surface area contributed by atoms with E-state index in [2.05, 4.69) is 47.4 Å². The molecular formula is C18H19N. The Balaban J connectivity index is 1.74. The van der Waals surface area contributed by atoms with E-state index in [-0.39, 0.29) is 0 Å². The molecule has 1 aliphatic heterocycles. The fourth-order valence-corrected chi connectivity index (χ4v) is 3.49. The first-order valence-electron chi connectivity index (χ1n) is 7.39. The van der Waals surface area contributed by atoms with Crippen LogP contribution in [0.3, 0.4) is 0 Å². The molecule has 96 valence electrons. The summed E-state index contributed by atoms with van der Waals surface area (Å²) in [6.45, 7) is 1.12. The highest BCUT2D eigenvalue weighted by Crippen LogP contribution is 2.36. The van der Waals surface area contributed by atoms with E-state index in [1.807, 2.05) is 0 Å². The lowest BCUT2D eigenvalue weighted by Crippen LogP contribution is -2.14. The molecular weight excluding hydrogens is 230 g/mol. The third-order valence-electron chi connectivity index (χ3n) is 4.53. The lowest BCUT2D eigenvalue weighted by atomic mass is 9.91. The smallest absolute Gasteiger partial charge is 0.0444 e. The lowest BCUT2D eigenvalue weighted by molar-refractivity contribution is 0.685. The number of nitrogens with zero attached hydrogens (tertiary/aromatic N) is 1. The molecule has 0 saturated carbocycles. The zero-order valence-corrected chi connectivity index (χ0v) is 11.2. The highest BCUT2D eigenvalue weighted by molar-refractivity contribution is 5.70. The average molecular weight is 249 g/mol. The van der Waals surface area contributed by atoms with Gasteiger partial charge in [-0.2, -0.15) is 0 Å². The van der Waals surface area contributed by atoms with E-state index in [1.54, 1.807) is 11.1 Å². The van der Waals surface area contributed by atoms with Gasteiger partial charge in [-0.25, -0.2) is 0 Å². The molecule has 1 heteroatoms. The molecule has 1 aliphatic carbocycles. The number of hydrogen-bond donors (Lipinski definition) is 0. The highest BCUT2D eigenvalue weighted by Gasteiger charge is 2.20. The Morgan fingerprint density at radius 2 is 1.58 bits per heavy atom. The minimum Gasteiger partial charge on any atom is -0.341 e. The van der Waals surface area contributed by atoms with Crippen LogP contribution in [0.1, 0.15) is 29.5 Å². The first-order chi connectivity index (χ1) is 9.42. The van der Waals surface area contributed by atoms with Gasteiger partial charge in [0.1, 0.15) is 0 Å². The van der Waals surface area contributed by atoms with Crippen molar-refractivity contribution in [2.24, 2.45) is 0 Å². The summed E-state index contributed by atoms with van der Waals surface area (Å²) in [5, 5.41) is 0. The van der Waals surface area contributed by atoms with Crippen molar-refractivity contribution in [2.45, 2.75) is 32.1 Å². The number of fused-ring (bicyclic) bond motifs is 2. The number of hydrogen-bond acceptors (Lipinski definition) is 1. The van der Waals surface area contributed by atoms with Crippen molar-refractivity contribution >= 4 is 11.4 Å². The molecule has 2 aromatic carbocycles. The Morgan fingerprint density at radius 1 is 0.737 bits per heavy atom. The maximum atomic E-state index is 2.48. The lowest BCUT2D eigenvalue weighted by Gasteiger charge is -2.23. The van der Waals surface area contributed by atoms with Crippen LogP contribution in [0.4, 0.5) is 11.4 Å². The number of aryl methyl sites for hydroxylation is 2. The predicted octanol–water partition coefficient (Wildman–Crippen LogP) is 4.26. The van der Waals surface area contributed by atoms with E-state index in [9.17, 15) is 0 Å². The maximum Gasteiger partial charge on any atom is 0.0444 e. The fraction of sp³-hybridized carbons (Fsp3) is 0.333. The Kier molecular flexibility index (Phi) is 2.58. The summed E-state index contributed by atoms with van der Waals surface area (Å²) >= 11 is 0. The third kappa shape index (κ3) is 1.85. The second-order valence-electron chi connectivity index (χ2n) is 5.69. The molecule has 0 bridgehead atoms. The van der Waals surface area contributed by atoms with Gasteiger partial charge in [0.05, 0.1) is 0 Å². The molecule has 0 unspecified atom stereocenters. The predicted molar refractivity (Wildman–Crippen MR) is 80.2 cm³/mol. The van der Waals surface area contributed by atoms with Crippen molar-refractivity contribution in [3.8, 4) is 0 Å². The summed E-state index contributed by atoms with van der Waals surface area (Å²) in [4.78, 5) is 2.48. The summed E-state index contributed by atoms with van der Waals surface area (Å²) in [6, 6.07) is 15.9. The van der Waals surface area contributed by atoms with Crippen molar-refractivity contribution in [3.63, 3.8) is 0 Å². The largest absolute Gasteiger partial charge is 0.341 e. The van der Waals surface area contributed by atoms with Gasteiger partial charge in [-0.3, -0.25) is 0 Å². The Morgan fingerprint density at radius 3 is 2.53 bits per heavy atom. The molecule has 0 amide bonds. The van der Waals surface area contributed by atoms with Gasteiger partial charge in [-0.15, -0.1) is 0 Å².